The first-order valence-corrected chi connectivity index (χ1v) is 9.94. The lowest BCUT2D eigenvalue weighted by Crippen LogP contribution is -2.34. The van der Waals surface area contributed by atoms with Gasteiger partial charge in [0.25, 0.3) is 5.91 Å². The molecule has 0 saturated carbocycles. The summed E-state index contributed by atoms with van der Waals surface area (Å²) in [6.45, 7) is 0.432. The van der Waals surface area contributed by atoms with E-state index < -0.39 is 5.97 Å². The number of nitrogens with zero attached hydrogens (tertiary/aromatic N) is 1. The molecule has 160 valence electrons. The number of carbonyl (C=O) groups is 2. The van der Waals surface area contributed by atoms with Gasteiger partial charge in [0.15, 0.2) is 6.61 Å². The zero-order valence-corrected chi connectivity index (χ0v) is 17.7. The lowest BCUT2D eigenvalue weighted by molar-refractivity contribution is -0.134. The van der Waals surface area contributed by atoms with Gasteiger partial charge in [0.1, 0.15) is 17.1 Å². The highest BCUT2D eigenvalue weighted by Crippen LogP contribution is 2.25. The van der Waals surface area contributed by atoms with E-state index in [0.29, 0.717) is 23.9 Å². The summed E-state index contributed by atoms with van der Waals surface area (Å²) in [5.74, 6) is -0.911. The van der Waals surface area contributed by atoms with Crippen molar-refractivity contribution in [3.63, 3.8) is 0 Å². The lowest BCUT2D eigenvalue weighted by Gasteiger charge is -2.23. The standard InChI is InChI=1S/C24H22ClNO5/c1-30-20-11-12-21(24(28)29)22(13-20)31-16-23(27)26(14-17-5-3-2-4-6-17)15-18-7-9-19(25)10-8-18/h2-13H,14-16H2,1H3,(H,28,29). The SMILES string of the molecule is COc1ccc(C(=O)O)c(OCC(=O)N(Cc2ccccc2)Cc2ccc(Cl)cc2)c1. The maximum atomic E-state index is 13.0. The number of hydrogen-bond acceptors (Lipinski definition) is 4. The second kappa shape index (κ2) is 10.5. The number of rotatable bonds is 9. The van der Waals surface area contributed by atoms with Crippen LogP contribution in [0.1, 0.15) is 21.5 Å². The molecule has 0 bridgehead atoms. The van der Waals surface area contributed by atoms with Crippen LogP contribution in [0, 0.1) is 0 Å². The Balaban J connectivity index is 1.78. The van der Waals surface area contributed by atoms with Crippen LogP contribution >= 0.6 is 11.6 Å². The first kappa shape index (κ1) is 22.2. The Kier molecular flexibility index (Phi) is 7.51. The molecule has 0 unspecified atom stereocenters. The lowest BCUT2D eigenvalue weighted by atomic mass is 10.1. The Labute approximate surface area is 185 Å². The molecule has 0 aliphatic heterocycles. The highest BCUT2D eigenvalue weighted by Gasteiger charge is 2.18. The van der Waals surface area contributed by atoms with E-state index in [-0.39, 0.29) is 23.8 Å². The zero-order chi connectivity index (χ0) is 22.2. The van der Waals surface area contributed by atoms with Crippen molar-refractivity contribution < 1.29 is 24.2 Å². The molecular formula is C24H22ClNO5. The van der Waals surface area contributed by atoms with Crippen LogP contribution in [0.25, 0.3) is 0 Å². The van der Waals surface area contributed by atoms with E-state index in [2.05, 4.69) is 0 Å². The van der Waals surface area contributed by atoms with E-state index in [4.69, 9.17) is 21.1 Å². The van der Waals surface area contributed by atoms with E-state index in [1.165, 1.54) is 25.3 Å². The number of methoxy groups -OCH3 is 1. The third-order valence-corrected chi connectivity index (χ3v) is 4.88. The van der Waals surface area contributed by atoms with Gasteiger partial charge >= 0.3 is 5.97 Å². The molecule has 0 fully saturated rings. The Morgan fingerprint density at radius 2 is 1.58 bits per heavy atom. The molecule has 6 nitrogen and oxygen atoms in total. The highest BCUT2D eigenvalue weighted by atomic mass is 35.5. The van der Waals surface area contributed by atoms with Crippen LogP contribution in [-0.2, 0) is 17.9 Å². The summed E-state index contributed by atoms with van der Waals surface area (Å²) in [5, 5.41) is 10.0. The van der Waals surface area contributed by atoms with Crippen LogP contribution in [0.4, 0.5) is 0 Å². The minimum absolute atomic E-state index is 0.0408. The van der Waals surface area contributed by atoms with Gasteiger partial charge in [-0.25, -0.2) is 4.79 Å². The number of halogens is 1. The summed E-state index contributed by atoms with van der Waals surface area (Å²) in [6, 6.07) is 21.2. The summed E-state index contributed by atoms with van der Waals surface area (Å²) in [4.78, 5) is 26.2. The maximum absolute atomic E-state index is 13.0. The van der Waals surface area contributed by atoms with E-state index in [1.807, 2.05) is 42.5 Å². The fourth-order valence-electron chi connectivity index (χ4n) is 3.00. The number of carboxylic acids is 1. The summed E-state index contributed by atoms with van der Waals surface area (Å²) in [5.41, 5.74) is 1.85. The van der Waals surface area contributed by atoms with Crippen molar-refractivity contribution in [1.82, 2.24) is 4.90 Å². The predicted octanol–water partition coefficient (Wildman–Crippen LogP) is 4.65. The topological polar surface area (TPSA) is 76.1 Å². The molecule has 0 aliphatic carbocycles. The number of ether oxygens (including phenoxy) is 2. The van der Waals surface area contributed by atoms with Crippen molar-refractivity contribution in [2.45, 2.75) is 13.1 Å². The van der Waals surface area contributed by atoms with Gasteiger partial charge in [-0.3, -0.25) is 4.79 Å². The van der Waals surface area contributed by atoms with Gasteiger partial charge in [-0.15, -0.1) is 0 Å². The van der Waals surface area contributed by atoms with Gasteiger partial charge in [0.2, 0.25) is 0 Å². The van der Waals surface area contributed by atoms with Crippen molar-refractivity contribution in [3.8, 4) is 11.5 Å². The highest BCUT2D eigenvalue weighted by molar-refractivity contribution is 6.30. The molecule has 0 heterocycles. The molecule has 0 saturated heterocycles. The third kappa shape index (κ3) is 6.23. The summed E-state index contributed by atoms with van der Waals surface area (Å²) < 4.78 is 10.7. The first-order valence-electron chi connectivity index (χ1n) is 9.56. The second-order valence-corrected chi connectivity index (χ2v) is 7.25. The molecular weight excluding hydrogens is 418 g/mol. The minimum atomic E-state index is -1.15. The Morgan fingerprint density at radius 1 is 0.935 bits per heavy atom. The minimum Gasteiger partial charge on any atom is -0.497 e. The van der Waals surface area contributed by atoms with Crippen molar-refractivity contribution in [1.29, 1.82) is 0 Å². The average Bonchev–Trinajstić information content (AvgIpc) is 2.78. The molecule has 31 heavy (non-hydrogen) atoms. The van der Waals surface area contributed by atoms with E-state index in [1.54, 1.807) is 17.0 Å². The number of carboxylic acid groups (broad SMARTS) is 1. The van der Waals surface area contributed by atoms with Crippen LogP contribution in [0.2, 0.25) is 5.02 Å². The first-order chi connectivity index (χ1) is 15.0. The fourth-order valence-corrected chi connectivity index (χ4v) is 3.13. The summed E-state index contributed by atoms with van der Waals surface area (Å²) in [7, 11) is 1.47. The van der Waals surface area contributed by atoms with Crippen molar-refractivity contribution in [2.24, 2.45) is 0 Å². The number of carbonyl (C=O) groups excluding carboxylic acids is 1. The van der Waals surface area contributed by atoms with Crippen molar-refractivity contribution >= 4 is 23.5 Å². The molecule has 0 aliphatic rings. The van der Waals surface area contributed by atoms with Crippen LogP contribution in [0.15, 0.2) is 72.8 Å². The number of benzene rings is 3. The average molecular weight is 440 g/mol. The second-order valence-electron chi connectivity index (χ2n) is 6.82. The quantitative estimate of drug-likeness (QED) is 0.525. The maximum Gasteiger partial charge on any atom is 0.339 e. The Morgan fingerprint density at radius 3 is 2.19 bits per heavy atom. The van der Waals surface area contributed by atoms with Crippen LogP contribution in [-0.4, -0.2) is 35.6 Å². The van der Waals surface area contributed by atoms with Gasteiger partial charge in [0, 0.05) is 24.2 Å². The van der Waals surface area contributed by atoms with Crippen molar-refractivity contribution in [3.05, 3.63) is 94.5 Å². The van der Waals surface area contributed by atoms with Gasteiger partial charge in [0.05, 0.1) is 7.11 Å². The van der Waals surface area contributed by atoms with Crippen LogP contribution in [0.3, 0.4) is 0 Å². The normalized spacial score (nSPS) is 10.4. The summed E-state index contributed by atoms with van der Waals surface area (Å²) in [6.07, 6.45) is 0. The fraction of sp³-hybridized carbons (Fsp3) is 0.167. The van der Waals surface area contributed by atoms with E-state index in [9.17, 15) is 14.7 Å². The molecule has 1 N–H and O–H groups in total. The monoisotopic (exact) mass is 439 g/mol. The molecule has 7 heteroatoms. The molecule has 0 spiro atoms. The number of aromatic carboxylic acids is 1. The molecule has 1 amide bonds. The predicted molar refractivity (Wildman–Crippen MR) is 118 cm³/mol. The van der Waals surface area contributed by atoms with E-state index in [0.717, 1.165) is 11.1 Å². The molecule has 0 atom stereocenters. The molecule has 3 aromatic carbocycles. The molecule has 3 aromatic rings. The third-order valence-electron chi connectivity index (χ3n) is 4.63. The molecule has 0 radical (unpaired) electrons. The van der Waals surface area contributed by atoms with Crippen molar-refractivity contribution in [2.75, 3.05) is 13.7 Å². The van der Waals surface area contributed by atoms with Crippen LogP contribution < -0.4 is 9.47 Å². The smallest absolute Gasteiger partial charge is 0.339 e. The van der Waals surface area contributed by atoms with Gasteiger partial charge in [-0.05, 0) is 35.4 Å². The Bertz CT molecular complexity index is 1040. The zero-order valence-electron chi connectivity index (χ0n) is 17.0. The Hall–Kier alpha value is -3.51. The van der Waals surface area contributed by atoms with Gasteiger partial charge in [-0.1, -0.05) is 54.1 Å². The largest absolute Gasteiger partial charge is 0.497 e. The number of amides is 1. The van der Waals surface area contributed by atoms with Gasteiger partial charge in [-0.2, -0.15) is 0 Å². The molecule has 0 aromatic heterocycles. The summed E-state index contributed by atoms with van der Waals surface area (Å²) >= 11 is 5.96. The number of hydrogen-bond donors (Lipinski definition) is 1. The van der Waals surface area contributed by atoms with Crippen LogP contribution in [0.5, 0.6) is 11.5 Å². The van der Waals surface area contributed by atoms with Gasteiger partial charge < -0.3 is 19.5 Å². The molecule has 3 rings (SSSR count). The van der Waals surface area contributed by atoms with E-state index >= 15 is 0 Å².